The minimum absolute atomic E-state index is 0.255. The zero-order valence-corrected chi connectivity index (χ0v) is 12.1. The van der Waals surface area contributed by atoms with Gasteiger partial charge in [-0.1, -0.05) is 0 Å². The third-order valence-electron chi connectivity index (χ3n) is 2.82. The smallest absolute Gasteiger partial charge is 0.179 e. The number of nitrogens with one attached hydrogen (secondary N) is 1. The van der Waals surface area contributed by atoms with Gasteiger partial charge in [0, 0.05) is 12.8 Å². The maximum absolute atomic E-state index is 5.72. The fraction of sp³-hybridized carbons (Fsp3) is 0.538. The Labute approximate surface area is 112 Å². The van der Waals surface area contributed by atoms with Crippen LogP contribution in [0.2, 0.25) is 0 Å². The lowest BCUT2D eigenvalue weighted by molar-refractivity contribution is -0.0219. The van der Waals surface area contributed by atoms with E-state index in [9.17, 15) is 0 Å². The Hall–Kier alpha value is -1.20. The molecule has 0 amide bonds. The number of H-pyrrole nitrogens is 1. The van der Waals surface area contributed by atoms with E-state index in [0.717, 1.165) is 16.7 Å². The van der Waals surface area contributed by atoms with E-state index >= 15 is 0 Å². The van der Waals surface area contributed by atoms with Crippen molar-refractivity contribution in [1.82, 2.24) is 14.5 Å². The van der Waals surface area contributed by atoms with Gasteiger partial charge < -0.3 is 9.72 Å². The predicted octanol–water partition coefficient (Wildman–Crippen LogP) is 3.22. The van der Waals surface area contributed by atoms with E-state index in [1.165, 1.54) is 0 Å². The molecule has 0 saturated heterocycles. The quantitative estimate of drug-likeness (QED) is 0.863. The number of rotatable bonds is 4. The van der Waals surface area contributed by atoms with Gasteiger partial charge >= 0.3 is 0 Å². The fourth-order valence-corrected chi connectivity index (χ4v) is 2.37. The molecule has 18 heavy (non-hydrogen) atoms. The van der Waals surface area contributed by atoms with Gasteiger partial charge in [-0.05, 0) is 51.5 Å². The van der Waals surface area contributed by atoms with Crippen LogP contribution in [0.25, 0.3) is 11.2 Å². The maximum Gasteiger partial charge on any atom is 0.179 e. The normalized spacial score (nSPS) is 12.2. The molecule has 1 N–H and O–H groups in total. The predicted molar refractivity (Wildman–Crippen MR) is 75.4 cm³/mol. The van der Waals surface area contributed by atoms with Crippen molar-refractivity contribution in [2.75, 3.05) is 6.61 Å². The molecule has 2 aromatic rings. The van der Waals surface area contributed by atoms with Gasteiger partial charge in [-0.25, -0.2) is 4.98 Å². The molecule has 0 aliphatic carbocycles. The Morgan fingerprint density at radius 3 is 2.89 bits per heavy atom. The van der Waals surface area contributed by atoms with Crippen LogP contribution in [0.5, 0.6) is 0 Å². The average Bonchev–Trinajstić information content (AvgIpc) is 2.54. The molecule has 98 valence electrons. The first-order chi connectivity index (χ1) is 8.43. The van der Waals surface area contributed by atoms with Crippen molar-refractivity contribution in [2.45, 2.75) is 39.8 Å². The number of aromatic amines is 1. The number of pyridine rings is 1. The van der Waals surface area contributed by atoms with Gasteiger partial charge in [0.15, 0.2) is 10.4 Å². The van der Waals surface area contributed by atoms with Gasteiger partial charge in [-0.15, -0.1) is 0 Å². The summed E-state index contributed by atoms with van der Waals surface area (Å²) in [6.45, 7) is 9.52. The Kier molecular flexibility index (Phi) is 3.54. The highest BCUT2D eigenvalue weighted by molar-refractivity contribution is 7.71. The first-order valence-electron chi connectivity index (χ1n) is 6.12. The Balaban J connectivity index is 2.45. The van der Waals surface area contributed by atoms with Crippen LogP contribution in [-0.4, -0.2) is 26.7 Å². The average molecular weight is 265 g/mol. The summed E-state index contributed by atoms with van der Waals surface area (Å²) >= 11 is 5.36. The molecule has 0 spiro atoms. The first kappa shape index (κ1) is 13.2. The van der Waals surface area contributed by atoms with E-state index in [1.54, 1.807) is 0 Å². The van der Waals surface area contributed by atoms with Gasteiger partial charge in [-0.2, -0.15) is 0 Å². The van der Waals surface area contributed by atoms with Crippen molar-refractivity contribution in [3.05, 3.63) is 22.6 Å². The number of imidazole rings is 1. The van der Waals surface area contributed by atoms with Crippen LogP contribution in [0, 0.1) is 11.7 Å². The van der Waals surface area contributed by atoms with Crippen molar-refractivity contribution >= 4 is 23.4 Å². The molecular weight excluding hydrogens is 246 g/mol. The second kappa shape index (κ2) is 4.82. The largest absolute Gasteiger partial charge is 0.374 e. The molecule has 2 aromatic heterocycles. The van der Waals surface area contributed by atoms with Crippen LogP contribution in [0.4, 0.5) is 0 Å². The SMILES string of the molecule is CCOC(C)(C)Cn1c(=S)[nH]c2cc(C)cnc21. The Bertz CT molecular complexity index is 612. The molecule has 0 radical (unpaired) electrons. The van der Waals surface area contributed by atoms with Crippen LogP contribution in [-0.2, 0) is 11.3 Å². The second-order valence-electron chi connectivity index (χ2n) is 5.09. The molecule has 0 aliphatic heterocycles. The van der Waals surface area contributed by atoms with Gasteiger partial charge in [0.25, 0.3) is 0 Å². The third kappa shape index (κ3) is 2.62. The Morgan fingerprint density at radius 1 is 1.50 bits per heavy atom. The molecule has 0 atom stereocenters. The number of aromatic nitrogens is 3. The van der Waals surface area contributed by atoms with E-state index in [1.807, 2.05) is 24.6 Å². The van der Waals surface area contributed by atoms with Crippen molar-refractivity contribution in [2.24, 2.45) is 0 Å². The minimum atomic E-state index is -0.255. The summed E-state index contributed by atoms with van der Waals surface area (Å²) in [6.07, 6.45) is 1.86. The van der Waals surface area contributed by atoms with Crippen molar-refractivity contribution in [3.63, 3.8) is 0 Å². The molecule has 0 aromatic carbocycles. The van der Waals surface area contributed by atoms with Crippen LogP contribution in [0.1, 0.15) is 26.3 Å². The lowest BCUT2D eigenvalue weighted by atomic mass is 10.1. The number of nitrogens with zero attached hydrogens (tertiary/aromatic N) is 2. The molecule has 0 saturated carbocycles. The highest BCUT2D eigenvalue weighted by atomic mass is 32.1. The summed E-state index contributed by atoms with van der Waals surface area (Å²) in [5.41, 5.74) is 2.73. The summed E-state index contributed by atoms with van der Waals surface area (Å²) in [4.78, 5) is 7.65. The van der Waals surface area contributed by atoms with Crippen LogP contribution < -0.4 is 0 Å². The monoisotopic (exact) mass is 265 g/mol. The topological polar surface area (TPSA) is 42.8 Å². The fourth-order valence-electron chi connectivity index (χ4n) is 2.11. The summed E-state index contributed by atoms with van der Waals surface area (Å²) in [5, 5.41) is 0. The van der Waals surface area contributed by atoms with Gasteiger partial charge in [-0.3, -0.25) is 4.57 Å². The summed E-state index contributed by atoms with van der Waals surface area (Å²) < 4.78 is 8.41. The first-order valence-corrected chi connectivity index (χ1v) is 6.53. The number of aryl methyl sites for hydroxylation is 1. The van der Waals surface area contributed by atoms with Gasteiger partial charge in [0.2, 0.25) is 0 Å². The highest BCUT2D eigenvalue weighted by Gasteiger charge is 2.20. The second-order valence-corrected chi connectivity index (χ2v) is 5.48. The summed E-state index contributed by atoms with van der Waals surface area (Å²) in [7, 11) is 0. The molecule has 4 nitrogen and oxygen atoms in total. The van der Waals surface area contributed by atoms with Crippen molar-refractivity contribution in [1.29, 1.82) is 0 Å². The molecule has 0 fully saturated rings. The third-order valence-corrected chi connectivity index (χ3v) is 3.14. The number of ether oxygens (including phenoxy) is 1. The van der Waals surface area contributed by atoms with E-state index in [-0.39, 0.29) is 5.60 Å². The van der Waals surface area contributed by atoms with E-state index in [0.29, 0.717) is 17.9 Å². The number of fused-ring (bicyclic) bond motifs is 1. The van der Waals surface area contributed by atoms with Gasteiger partial charge in [0.05, 0.1) is 17.7 Å². The maximum atomic E-state index is 5.72. The molecular formula is C13H19N3OS. The molecule has 0 aliphatic rings. The summed E-state index contributed by atoms with van der Waals surface area (Å²) in [6, 6.07) is 2.06. The van der Waals surface area contributed by atoms with E-state index in [4.69, 9.17) is 17.0 Å². The van der Waals surface area contributed by atoms with Crippen molar-refractivity contribution < 1.29 is 4.74 Å². The van der Waals surface area contributed by atoms with Crippen LogP contribution in [0.15, 0.2) is 12.3 Å². The van der Waals surface area contributed by atoms with E-state index < -0.39 is 0 Å². The molecule has 2 heterocycles. The standard InChI is InChI=1S/C13H19N3OS/c1-5-17-13(3,4)8-16-11-10(15-12(16)18)6-9(2)7-14-11/h6-7H,5,8H2,1-4H3,(H,15,18). The van der Waals surface area contributed by atoms with Crippen molar-refractivity contribution in [3.8, 4) is 0 Å². The van der Waals surface area contributed by atoms with E-state index in [2.05, 4.69) is 29.9 Å². The number of hydrogen-bond acceptors (Lipinski definition) is 3. The highest BCUT2D eigenvalue weighted by Crippen LogP contribution is 2.18. The zero-order valence-electron chi connectivity index (χ0n) is 11.3. The lowest BCUT2D eigenvalue weighted by Gasteiger charge is -2.25. The van der Waals surface area contributed by atoms with Crippen LogP contribution >= 0.6 is 12.2 Å². The number of hydrogen-bond donors (Lipinski definition) is 1. The zero-order chi connectivity index (χ0) is 13.3. The molecule has 2 rings (SSSR count). The lowest BCUT2D eigenvalue weighted by Crippen LogP contribution is -2.30. The molecule has 0 bridgehead atoms. The Morgan fingerprint density at radius 2 is 2.22 bits per heavy atom. The van der Waals surface area contributed by atoms with Gasteiger partial charge in [0.1, 0.15) is 0 Å². The summed E-state index contributed by atoms with van der Waals surface area (Å²) in [5.74, 6) is 0. The molecule has 0 unspecified atom stereocenters. The molecule has 5 heteroatoms. The minimum Gasteiger partial charge on any atom is -0.374 e. The van der Waals surface area contributed by atoms with Crippen LogP contribution in [0.3, 0.4) is 0 Å².